The monoisotopic (exact) mass is 187 g/mol. The lowest BCUT2D eigenvalue weighted by molar-refractivity contribution is 0.602. The van der Waals surface area contributed by atoms with Crippen LogP contribution in [0.5, 0.6) is 0 Å². The van der Waals surface area contributed by atoms with E-state index < -0.39 is 5.82 Å². The van der Waals surface area contributed by atoms with Crippen molar-refractivity contribution < 1.29 is 4.39 Å². The summed E-state index contributed by atoms with van der Waals surface area (Å²) in [5, 5.41) is 8.24. The zero-order valence-corrected chi connectivity index (χ0v) is 6.96. The van der Waals surface area contributed by atoms with Crippen LogP contribution in [0.15, 0.2) is 17.0 Å². The van der Waals surface area contributed by atoms with E-state index in [0.29, 0.717) is 0 Å². The molecule has 1 aromatic carbocycles. The number of rotatable bonds is 0. The van der Waals surface area contributed by atoms with Gasteiger partial charge in [0, 0.05) is 4.90 Å². The Morgan fingerprint density at radius 2 is 2.18 bits per heavy atom. The van der Waals surface area contributed by atoms with E-state index in [1.807, 2.05) is 0 Å². The summed E-state index contributed by atoms with van der Waals surface area (Å²) in [6.07, 6.45) is 0. The molecule has 0 saturated heterocycles. The van der Waals surface area contributed by atoms with Crippen molar-refractivity contribution in [3.8, 4) is 6.07 Å². The molecular weight excluding hydrogens is 185 g/mol. The van der Waals surface area contributed by atoms with E-state index in [-0.39, 0.29) is 15.5 Å². The zero-order chi connectivity index (χ0) is 8.43. The van der Waals surface area contributed by atoms with Gasteiger partial charge >= 0.3 is 0 Å². The van der Waals surface area contributed by atoms with Gasteiger partial charge in [-0.3, -0.25) is 0 Å². The van der Waals surface area contributed by atoms with E-state index in [4.69, 9.17) is 16.9 Å². The van der Waals surface area contributed by atoms with Crippen LogP contribution in [0.4, 0.5) is 4.39 Å². The van der Waals surface area contributed by atoms with Gasteiger partial charge in [-0.15, -0.1) is 12.6 Å². The third-order valence-electron chi connectivity index (χ3n) is 1.18. The number of thiol groups is 1. The van der Waals surface area contributed by atoms with Crippen molar-refractivity contribution in [3.05, 3.63) is 28.5 Å². The average molecular weight is 188 g/mol. The first-order valence-electron chi connectivity index (χ1n) is 2.74. The Labute approximate surface area is 73.8 Å². The number of hydrogen-bond acceptors (Lipinski definition) is 2. The van der Waals surface area contributed by atoms with Gasteiger partial charge in [-0.1, -0.05) is 11.6 Å². The lowest BCUT2D eigenvalue weighted by Gasteiger charge is -1.98. The van der Waals surface area contributed by atoms with Crippen molar-refractivity contribution in [3.63, 3.8) is 0 Å². The summed E-state index contributed by atoms with van der Waals surface area (Å²) in [7, 11) is 0. The lowest BCUT2D eigenvalue weighted by atomic mass is 10.2. The summed E-state index contributed by atoms with van der Waals surface area (Å²) in [4.78, 5) is 0.147. The molecule has 1 nitrogen and oxygen atoms in total. The standard InChI is InChI=1S/C7H3ClFNS/c8-6-4(3-10)1-2-5(11)7(6)9/h1-2,11H. The number of nitrogens with zero attached hydrogens (tertiary/aromatic N) is 1. The third-order valence-corrected chi connectivity index (χ3v) is 1.90. The molecule has 4 heteroatoms. The second kappa shape index (κ2) is 3.12. The summed E-state index contributed by atoms with van der Waals surface area (Å²) >= 11 is 9.24. The fraction of sp³-hybridized carbons (Fsp3) is 0. The molecule has 11 heavy (non-hydrogen) atoms. The van der Waals surface area contributed by atoms with Crippen molar-refractivity contribution >= 4 is 24.2 Å². The molecule has 1 rings (SSSR count). The number of halogens is 2. The molecule has 1 aromatic rings. The van der Waals surface area contributed by atoms with Crippen molar-refractivity contribution in [1.82, 2.24) is 0 Å². The van der Waals surface area contributed by atoms with Gasteiger partial charge in [0.1, 0.15) is 6.07 Å². The van der Waals surface area contributed by atoms with E-state index in [0.717, 1.165) is 0 Å². The molecule has 56 valence electrons. The largest absolute Gasteiger partial charge is 0.204 e. The smallest absolute Gasteiger partial charge is 0.156 e. The maximum Gasteiger partial charge on any atom is 0.156 e. The van der Waals surface area contributed by atoms with E-state index in [9.17, 15) is 4.39 Å². The van der Waals surface area contributed by atoms with Gasteiger partial charge in [0.15, 0.2) is 5.82 Å². The molecule has 0 unspecified atom stereocenters. The van der Waals surface area contributed by atoms with E-state index in [2.05, 4.69) is 12.6 Å². The Morgan fingerprint density at radius 3 is 2.73 bits per heavy atom. The minimum absolute atomic E-state index is 0.127. The average Bonchev–Trinajstić information content (AvgIpc) is 2.01. The van der Waals surface area contributed by atoms with Gasteiger partial charge in [-0.05, 0) is 12.1 Å². The topological polar surface area (TPSA) is 23.8 Å². The third kappa shape index (κ3) is 1.47. The van der Waals surface area contributed by atoms with E-state index >= 15 is 0 Å². The normalized spacial score (nSPS) is 9.27. The highest BCUT2D eigenvalue weighted by atomic mass is 35.5. The fourth-order valence-corrected chi connectivity index (χ4v) is 1.08. The van der Waals surface area contributed by atoms with Crippen molar-refractivity contribution in [2.24, 2.45) is 0 Å². The first kappa shape index (κ1) is 8.38. The molecule has 0 aliphatic heterocycles. The van der Waals surface area contributed by atoms with Crippen LogP contribution in [-0.4, -0.2) is 0 Å². The van der Waals surface area contributed by atoms with Crippen molar-refractivity contribution in [1.29, 1.82) is 5.26 Å². The van der Waals surface area contributed by atoms with Crippen LogP contribution in [0.25, 0.3) is 0 Å². The number of benzene rings is 1. The Bertz CT molecular complexity index is 332. The van der Waals surface area contributed by atoms with Crippen molar-refractivity contribution in [2.45, 2.75) is 4.90 Å². The highest BCUT2D eigenvalue weighted by Gasteiger charge is 2.07. The van der Waals surface area contributed by atoms with Crippen LogP contribution in [0.3, 0.4) is 0 Å². The number of nitriles is 1. The molecule has 0 spiro atoms. The highest BCUT2D eigenvalue weighted by molar-refractivity contribution is 7.80. The van der Waals surface area contributed by atoms with E-state index in [1.165, 1.54) is 12.1 Å². The summed E-state index contributed by atoms with van der Waals surface area (Å²) in [5.74, 6) is -0.644. The van der Waals surface area contributed by atoms with Crippen LogP contribution in [0, 0.1) is 17.1 Å². The Balaban J connectivity index is 3.40. The van der Waals surface area contributed by atoms with Crippen molar-refractivity contribution in [2.75, 3.05) is 0 Å². The quantitative estimate of drug-likeness (QED) is 0.621. The minimum atomic E-state index is -0.644. The maximum absolute atomic E-state index is 12.8. The second-order valence-electron chi connectivity index (χ2n) is 1.87. The van der Waals surface area contributed by atoms with Crippen LogP contribution >= 0.6 is 24.2 Å². The van der Waals surface area contributed by atoms with Gasteiger partial charge in [0.25, 0.3) is 0 Å². The first-order valence-corrected chi connectivity index (χ1v) is 3.56. The predicted molar refractivity (Wildman–Crippen MR) is 43.4 cm³/mol. The van der Waals surface area contributed by atoms with Crippen LogP contribution < -0.4 is 0 Å². The summed E-state index contributed by atoms with van der Waals surface area (Å²) in [6, 6.07) is 4.57. The molecular formula is C7H3ClFNS. The van der Waals surface area contributed by atoms with Crippen LogP contribution in [0.2, 0.25) is 5.02 Å². The van der Waals surface area contributed by atoms with Gasteiger partial charge in [-0.2, -0.15) is 5.26 Å². The first-order chi connectivity index (χ1) is 5.16. The maximum atomic E-state index is 12.8. The molecule has 0 bridgehead atoms. The predicted octanol–water partition coefficient (Wildman–Crippen LogP) is 2.64. The Morgan fingerprint density at radius 1 is 1.55 bits per heavy atom. The summed E-state index contributed by atoms with van der Waals surface area (Å²) < 4.78 is 12.8. The van der Waals surface area contributed by atoms with Crippen LogP contribution in [-0.2, 0) is 0 Å². The SMILES string of the molecule is N#Cc1ccc(S)c(F)c1Cl. The van der Waals surface area contributed by atoms with Gasteiger partial charge < -0.3 is 0 Å². The lowest BCUT2D eigenvalue weighted by Crippen LogP contribution is -1.84. The minimum Gasteiger partial charge on any atom is -0.204 e. The zero-order valence-electron chi connectivity index (χ0n) is 5.31. The fourth-order valence-electron chi connectivity index (χ4n) is 0.626. The second-order valence-corrected chi connectivity index (χ2v) is 2.73. The summed E-state index contributed by atoms with van der Waals surface area (Å²) in [6.45, 7) is 0. The summed E-state index contributed by atoms with van der Waals surface area (Å²) in [5.41, 5.74) is 0.127. The molecule has 0 N–H and O–H groups in total. The molecule has 0 atom stereocenters. The molecule has 0 saturated carbocycles. The Hall–Kier alpha value is -0.720. The number of hydrogen-bond donors (Lipinski definition) is 1. The highest BCUT2D eigenvalue weighted by Crippen LogP contribution is 2.24. The molecule has 0 aromatic heterocycles. The molecule has 0 fully saturated rings. The molecule has 0 radical (unpaired) electrons. The molecule has 0 amide bonds. The van der Waals surface area contributed by atoms with Gasteiger partial charge in [0.2, 0.25) is 0 Å². The van der Waals surface area contributed by atoms with Gasteiger partial charge in [0.05, 0.1) is 10.6 Å². The Kier molecular flexibility index (Phi) is 2.38. The van der Waals surface area contributed by atoms with Gasteiger partial charge in [-0.25, -0.2) is 4.39 Å². The molecule has 0 aliphatic rings. The van der Waals surface area contributed by atoms with Crippen LogP contribution in [0.1, 0.15) is 5.56 Å². The molecule has 0 aliphatic carbocycles. The van der Waals surface area contributed by atoms with E-state index in [1.54, 1.807) is 6.07 Å². The molecule has 0 heterocycles.